The monoisotopic (exact) mass is 1930 g/mol. The predicted molar refractivity (Wildman–Crippen MR) is 498 cm³/mol. The zero-order valence-corrected chi connectivity index (χ0v) is 79.6. The first-order chi connectivity index (χ1) is 65.1. The molecule has 15 amide bonds. The number of carbonyl (C=O) groups excluding carboxylic acids is 16. The average molecular weight is 1930 g/mol. The Bertz CT molecular complexity index is 5010. The molecule has 8 bridgehead atoms. The van der Waals surface area contributed by atoms with Crippen molar-refractivity contribution in [3.63, 3.8) is 0 Å². The molecule has 0 radical (unpaired) electrons. The highest BCUT2D eigenvalue weighted by atomic mass is 33.1. The summed E-state index contributed by atoms with van der Waals surface area (Å²) >= 11 is 0. The summed E-state index contributed by atoms with van der Waals surface area (Å²) in [4.78, 5) is 233. The summed E-state index contributed by atoms with van der Waals surface area (Å²) in [6.45, 7) is 17.0. The van der Waals surface area contributed by atoms with Crippen LogP contribution < -0.4 is 76.6 Å². The fourth-order valence-corrected chi connectivity index (χ4v) is 18.1. The number of unbranched alkanes of at least 4 members (excludes halogenated alkanes) is 2. The third-order valence-electron chi connectivity index (χ3n) is 23.0. The third kappa shape index (κ3) is 30.5. The van der Waals surface area contributed by atoms with E-state index in [9.17, 15) is 76.7 Å². The molecule has 738 valence electrons. The van der Waals surface area contributed by atoms with E-state index in [4.69, 9.17) is 52.2 Å². The van der Waals surface area contributed by atoms with Crippen LogP contribution in [0, 0.1) is 0 Å². The Hall–Kier alpha value is -12.6. The smallest absolute Gasteiger partial charge is 0.414 e. The fourth-order valence-electron chi connectivity index (χ4n) is 15.5. The first kappa shape index (κ1) is 105. The molecular formula is C93H122N14O27S2. The first-order valence-electron chi connectivity index (χ1n) is 45.0. The standard InChI is InChI=1S/C93H122N14O27S2/c1-55-41-64-50-105-71-46-75(73(126-10)43-65(71)89(120)103(64)48-55)130-34-16-35-131-76-47-72-66(44-74(76)127-11)90(121)104-49-56(2)42-70(104)59(5)106(72)92(123)133-52-61-21-25-63(26-22-61)99-87(118)68(18-13-15-33-95-80(111)54-129-39-37-125-9)102-85(116)58(4)97-88(119)69(100-77(108)30-40-135-136-93(6,7)31-29-83(114)134-107-81(112)27-28-82(107)113)45-78(109)96-57(3)84(115)101-67(17-12-14-32-94-79(110)53-128-38-36-124-8)86(117)98-62-23-19-60(20-24-62)51-132-91(105)122/h19-26,43-44,46-47,57-59,64,67-70H,1-2,12-18,27-42,45,48-54H2,3-11H3,(H,94,110)(H,95,111)(H,96,109)(H,97,119)(H,98,117)(H,99,118)(H,100,108)(H,101,115)(H,102,116)/t57-,58-,59?,64-,67-,68-,69+,70-/m0/s1. The highest BCUT2D eigenvalue weighted by molar-refractivity contribution is 8.77. The van der Waals surface area contributed by atoms with Gasteiger partial charge in [0.1, 0.15) is 56.6 Å². The second-order valence-electron chi connectivity index (χ2n) is 34.0. The van der Waals surface area contributed by atoms with Crippen molar-refractivity contribution in [2.45, 2.75) is 197 Å². The summed E-state index contributed by atoms with van der Waals surface area (Å²) in [5.41, 5.74) is 3.55. The maximum absolute atomic E-state index is 14.9. The quantitative estimate of drug-likeness (QED) is 0.0111. The SMILES string of the molecule is C=C1C[C@H]2CN3C(=O)OCc4ccc(cc4)NC(=O)[C@H](CCCCNC(=O)COCCOC)NC(=O)[C@H](C)NC(=O)C[C@@H](NC(=O)CCSSC(C)(C)CCC(=O)ON4C(=O)CCC4=O)C(=O)N[C@@H](C)C(=O)N[C@@H](CCCCNC(=O)COCCOC)C(=O)Nc4ccc(cc4)COC(=O)N4c5cc(c(OC)cc5C(=O)N5CC(=C)C[C@H]5C4C)OCCCOc4cc3c(cc4OC)C(=O)N2C1. The number of carbonyl (C=O) groups is 16. The van der Waals surface area contributed by atoms with Crippen LogP contribution in [-0.2, 0) is 104 Å². The minimum absolute atomic E-state index is 0.00468. The molecule has 4 aromatic carbocycles. The van der Waals surface area contributed by atoms with Crippen molar-refractivity contribution in [2.24, 2.45) is 0 Å². The highest BCUT2D eigenvalue weighted by Gasteiger charge is 2.47. The Morgan fingerprint density at radius 3 is 1.60 bits per heavy atom. The molecule has 0 saturated carbocycles. The molecule has 1 unspecified atom stereocenters. The number of fused-ring (bicyclic) bond motifs is 2. The van der Waals surface area contributed by atoms with Crippen LogP contribution in [0.2, 0.25) is 0 Å². The minimum atomic E-state index is -1.75. The number of amides is 15. The molecular weight excluding hydrogens is 1810 g/mol. The van der Waals surface area contributed by atoms with Crippen LogP contribution in [0.3, 0.4) is 0 Å². The molecule has 136 heavy (non-hydrogen) atoms. The highest BCUT2D eigenvalue weighted by Crippen LogP contribution is 2.45. The number of methoxy groups -OCH3 is 4. The van der Waals surface area contributed by atoms with E-state index in [1.165, 1.54) is 104 Å². The minimum Gasteiger partial charge on any atom is -0.493 e. The second kappa shape index (κ2) is 51.4. The summed E-state index contributed by atoms with van der Waals surface area (Å²) in [6.07, 6.45) is -0.705. The van der Waals surface area contributed by atoms with Gasteiger partial charge in [0.2, 0.25) is 53.2 Å². The van der Waals surface area contributed by atoms with Crippen LogP contribution in [0.4, 0.5) is 32.3 Å². The number of nitrogens with zero attached hydrogens (tertiary/aromatic N) is 5. The number of imide groups is 1. The summed E-state index contributed by atoms with van der Waals surface area (Å²) in [5.74, 6) is -8.77. The van der Waals surface area contributed by atoms with Crippen LogP contribution >= 0.6 is 21.6 Å². The van der Waals surface area contributed by atoms with E-state index in [2.05, 4.69) is 61.0 Å². The van der Waals surface area contributed by atoms with E-state index in [1.54, 1.807) is 59.2 Å². The predicted octanol–water partition coefficient (Wildman–Crippen LogP) is 6.38. The molecule has 43 heteroatoms. The third-order valence-corrected chi connectivity index (χ3v) is 26.3. The lowest BCUT2D eigenvalue weighted by molar-refractivity contribution is -0.197. The average Bonchev–Trinajstić information content (AvgIpc) is 1.60. The number of hydrogen-bond acceptors (Lipinski definition) is 29. The summed E-state index contributed by atoms with van der Waals surface area (Å²) in [5, 5.41) is 24.7. The summed E-state index contributed by atoms with van der Waals surface area (Å²) < 4.78 is 56.5. The number of benzene rings is 4. The number of rotatable bonds is 32. The maximum atomic E-state index is 14.9. The Morgan fingerprint density at radius 2 is 1.06 bits per heavy atom. The van der Waals surface area contributed by atoms with Crippen LogP contribution in [0.25, 0.3) is 0 Å². The van der Waals surface area contributed by atoms with Crippen molar-refractivity contribution in [1.29, 1.82) is 0 Å². The van der Waals surface area contributed by atoms with E-state index in [0.29, 0.717) is 41.9 Å². The van der Waals surface area contributed by atoms with Gasteiger partial charge in [0.15, 0.2) is 23.0 Å². The van der Waals surface area contributed by atoms with Crippen molar-refractivity contribution in [2.75, 3.05) is 140 Å². The summed E-state index contributed by atoms with van der Waals surface area (Å²) in [7, 11) is 8.35. The fraction of sp³-hybridized carbons (Fsp3) is 0.527. The topological polar surface area (TPSA) is 499 Å². The Morgan fingerprint density at radius 1 is 0.551 bits per heavy atom. The largest absolute Gasteiger partial charge is 0.493 e. The van der Waals surface area contributed by atoms with Gasteiger partial charge < -0.3 is 110 Å². The van der Waals surface area contributed by atoms with E-state index >= 15 is 0 Å². The van der Waals surface area contributed by atoms with Crippen LogP contribution in [0.5, 0.6) is 23.0 Å². The lowest BCUT2D eigenvalue weighted by atomic mass is 10.0. The number of anilines is 4. The van der Waals surface area contributed by atoms with Crippen LogP contribution in [0.1, 0.15) is 163 Å². The van der Waals surface area contributed by atoms with Crippen molar-refractivity contribution >= 4 is 139 Å². The Labute approximate surface area is 796 Å². The van der Waals surface area contributed by atoms with E-state index in [1.807, 2.05) is 13.8 Å². The molecule has 3 saturated heterocycles. The molecule has 9 aliphatic heterocycles. The molecule has 0 spiro atoms. The zero-order chi connectivity index (χ0) is 98.3. The molecule has 4 aromatic rings. The van der Waals surface area contributed by atoms with Gasteiger partial charge in [-0.05, 0) is 140 Å². The zero-order valence-electron chi connectivity index (χ0n) is 78.0. The van der Waals surface area contributed by atoms with Gasteiger partial charge in [0.25, 0.3) is 23.6 Å². The van der Waals surface area contributed by atoms with Gasteiger partial charge in [-0.25, -0.2) is 14.4 Å². The molecule has 9 heterocycles. The number of nitrogens with one attached hydrogen (secondary N) is 9. The Balaban J connectivity index is 0.921. The Kier molecular flexibility index (Phi) is 39.9. The van der Waals surface area contributed by atoms with E-state index in [-0.39, 0.29) is 237 Å². The second-order valence-corrected chi connectivity index (χ2v) is 37.1. The van der Waals surface area contributed by atoms with Crippen molar-refractivity contribution in [1.82, 2.24) is 52.1 Å². The summed E-state index contributed by atoms with van der Waals surface area (Å²) in [6, 6.07) is 9.64. The molecule has 9 N–H and O–H groups in total. The maximum Gasteiger partial charge on any atom is 0.414 e. The number of ether oxygens (including phenoxy) is 10. The lowest BCUT2D eigenvalue weighted by Gasteiger charge is -2.33. The molecule has 3 fully saturated rings. The van der Waals surface area contributed by atoms with Gasteiger partial charge in [0.05, 0.1) is 107 Å². The molecule has 41 nitrogen and oxygen atoms in total. The van der Waals surface area contributed by atoms with Gasteiger partial charge >= 0.3 is 18.2 Å². The van der Waals surface area contributed by atoms with Crippen LogP contribution in [-0.4, -0.2) is 283 Å². The molecule has 0 aliphatic carbocycles. The lowest BCUT2D eigenvalue weighted by Crippen LogP contribution is -2.56. The van der Waals surface area contributed by atoms with Crippen molar-refractivity contribution in [3.8, 4) is 23.0 Å². The molecule has 0 aromatic heterocycles. The van der Waals surface area contributed by atoms with Crippen molar-refractivity contribution in [3.05, 3.63) is 119 Å². The van der Waals surface area contributed by atoms with Gasteiger partial charge in [-0.1, -0.05) is 70.2 Å². The molecule has 13 rings (SSSR count). The molecule has 8 atom stereocenters. The van der Waals surface area contributed by atoms with Gasteiger partial charge in [-0.15, -0.1) is 5.06 Å². The number of hydrogen-bond donors (Lipinski definition) is 9. The molecule has 9 aliphatic rings. The van der Waals surface area contributed by atoms with Crippen LogP contribution in [0.15, 0.2) is 97.1 Å². The van der Waals surface area contributed by atoms with Gasteiger partial charge in [-0.2, -0.15) is 0 Å². The normalized spacial score (nSPS) is 21.0. The number of hydroxylamine groups is 2. The van der Waals surface area contributed by atoms with Crippen molar-refractivity contribution < 1.29 is 129 Å². The van der Waals surface area contributed by atoms with E-state index in [0.717, 1.165) is 11.1 Å². The van der Waals surface area contributed by atoms with E-state index < -0.39 is 143 Å². The van der Waals surface area contributed by atoms with Gasteiger partial charge in [-0.3, -0.25) is 72.1 Å². The first-order valence-corrected chi connectivity index (χ1v) is 47.4. The van der Waals surface area contributed by atoms with Gasteiger partial charge in [0, 0.05) is 107 Å².